The molecule has 210 valence electrons. The molecule has 3 heteroatoms. The van der Waals surface area contributed by atoms with Gasteiger partial charge in [0.2, 0.25) is 0 Å². The Labute approximate surface area is 257 Å². The van der Waals surface area contributed by atoms with Gasteiger partial charge in [0.25, 0.3) is 0 Å². The highest BCUT2D eigenvalue weighted by Crippen LogP contribution is 2.44. The monoisotopic (exact) mass is 565 g/mol. The van der Waals surface area contributed by atoms with Crippen molar-refractivity contribution >= 4 is 51.0 Å². The fraction of sp³-hybridized carbons (Fsp3) is 0.0488. The first kappa shape index (κ1) is 26.0. The number of rotatable bonds is 6. The van der Waals surface area contributed by atoms with Crippen LogP contribution < -0.4 is 5.01 Å². The van der Waals surface area contributed by atoms with Crippen LogP contribution in [0.15, 0.2) is 151 Å². The van der Waals surface area contributed by atoms with Crippen molar-refractivity contribution in [2.45, 2.75) is 13.5 Å². The van der Waals surface area contributed by atoms with E-state index in [0.717, 1.165) is 29.0 Å². The van der Waals surface area contributed by atoms with E-state index in [2.05, 4.69) is 157 Å². The average Bonchev–Trinajstić information content (AvgIpc) is 3.58. The van der Waals surface area contributed by atoms with E-state index in [9.17, 15) is 0 Å². The number of anilines is 2. The van der Waals surface area contributed by atoms with E-state index >= 15 is 0 Å². The molecule has 0 fully saturated rings. The summed E-state index contributed by atoms with van der Waals surface area (Å²) in [6, 6.07) is 51.6. The van der Waals surface area contributed by atoms with Gasteiger partial charge in [0, 0.05) is 28.4 Å². The fourth-order valence-corrected chi connectivity index (χ4v) is 6.55. The minimum Gasteiger partial charge on any atom is -0.341 e. The van der Waals surface area contributed by atoms with Gasteiger partial charge in [-0.15, -0.1) is 0 Å². The predicted molar refractivity (Wildman–Crippen MR) is 187 cm³/mol. The second-order valence-electron chi connectivity index (χ2n) is 11.2. The Kier molecular flexibility index (Phi) is 6.42. The van der Waals surface area contributed by atoms with E-state index in [1.54, 1.807) is 0 Å². The van der Waals surface area contributed by atoms with Crippen molar-refractivity contribution < 1.29 is 0 Å². The van der Waals surface area contributed by atoms with Gasteiger partial charge in [-0.3, -0.25) is 0 Å². The minimum atomic E-state index is 0.935. The van der Waals surface area contributed by atoms with Crippen LogP contribution >= 0.6 is 0 Å². The smallest absolute Gasteiger partial charge is 0.0653 e. The molecule has 0 atom stereocenters. The van der Waals surface area contributed by atoms with Gasteiger partial charge >= 0.3 is 0 Å². The topological polar surface area (TPSA) is 20.5 Å². The molecule has 7 aromatic rings. The molecule has 44 heavy (non-hydrogen) atoms. The molecule has 6 aromatic carbocycles. The molecule has 0 aliphatic heterocycles. The van der Waals surface area contributed by atoms with E-state index in [4.69, 9.17) is 5.10 Å². The van der Waals surface area contributed by atoms with Crippen LogP contribution in [0.4, 0.5) is 11.4 Å². The molecule has 0 amide bonds. The van der Waals surface area contributed by atoms with Gasteiger partial charge in [0.15, 0.2) is 0 Å². The van der Waals surface area contributed by atoms with Gasteiger partial charge in [0.1, 0.15) is 0 Å². The number of para-hydroxylation sites is 2. The summed E-state index contributed by atoms with van der Waals surface area (Å²) in [5.41, 5.74) is 13.2. The van der Waals surface area contributed by atoms with Gasteiger partial charge in [-0.1, -0.05) is 103 Å². The second kappa shape index (κ2) is 10.9. The molecule has 0 radical (unpaired) electrons. The third-order valence-corrected chi connectivity index (χ3v) is 8.61. The van der Waals surface area contributed by atoms with Crippen molar-refractivity contribution in [3.8, 4) is 11.1 Å². The third kappa shape index (κ3) is 4.42. The maximum atomic E-state index is 5.03. The molecule has 0 saturated heterocycles. The SMILES string of the molecule is CCn1c2ccccc2c2cc(/C=N\N(c3ccccc3)c3ccc(C=C4c5ccccc5-c5ccccc54)cc3)ccc21. The van der Waals surface area contributed by atoms with Crippen LogP contribution in [0.2, 0.25) is 0 Å². The van der Waals surface area contributed by atoms with E-state index in [-0.39, 0.29) is 0 Å². The molecule has 8 rings (SSSR count). The lowest BCUT2D eigenvalue weighted by Gasteiger charge is -2.19. The van der Waals surface area contributed by atoms with Gasteiger partial charge in [-0.25, -0.2) is 5.01 Å². The normalized spacial score (nSPS) is 12.2. The van der Waals surface area contributed by atoms with Crippen molar-refractivity contribution in [1.82, 2.24) is 4.57 Å². The predicted octanol–water partition coefficient (Wildman–Crippen LogP) is 10.6. The van der Waals surface area contributed by atoms with Crippen LogP contribution in [0.1, 0.15) is 29.2 Å². The lowest BCUT2D eigenvalue weighted by atomic mass is 10.0. The Morgan fingerprint density at radius 2 is 1.11 bits per heavy atom. The molecule has 0 N–H and O–H groups in total. The third-order valence-electron chi connectivity index (χ3n) is 8.61. The fourth-order valence-electron chi connectivity index (χ4n) is 6.55. The lowest BCUT2D eigenvalue weighted by molar-refractivity contribution is 0.827. The molecule has 0 spiro atoms. The summed E-state index contributed by atoms with van der Waals surface area (Å²) >= 11 is 0. The number of hydrazone groups is 1. The quantitative estimate of drug-likeness (QED) is 0.145. The molecule has 1 aliphatic rings. The van der Waals surface area contributed by atoms with Crippen molar-refractivity contribution in [2.24, 2.45) is 5.10 Å². The van der Waals surface area contributed by atoms with Crippen LogP contribution in [0.5, 0.6) is 0 Å². The maximum absolute atomic E-state index is 5.03. The Hall–Kier alpha value is -5.67. The van der Waals surface area contributed by atoms with Crippen LogP contribution in [-0.2, 0) is 6.54 Å². The number of benzene rings is 6. The molecule has 1 aromatic heterocycles. The van der Waals surface area contributed by atoms with E-state index in [0.29, 0.717) is 0 Å². The summed E-state index contributed by atoms with van der Waals surface area (Å²) in [6.07, 6.45) is 4.26. The van der Waals surface area contributed by atoms with Gasteiger partial charge in [0.05, 0.1) is 17.6 Å². The molecule has 0 bridgehead atoms. The van der Waals surface area contributed by atoms with Gasteiger partial charge < -0.3 is 4.57 Å². The Morgan fingerprint density at radius 3 is 1.82 bits per heavy atom. The first-order valence-corrected chi connectivity index (χ1v) is 15.2. The zero-order valence-corrected chi connectivity index (χ0v) is 24.6. The minimum absolute atomic E-state index is 0.935. The number of aryl methyl sites for hydroxylation is 1. The van der Waals surface area contributed by atoms with Crippen molar-refractivity contribution in [2.75, 3.05) is 5.01 Å². The van der Waals surface area contributed by atoms with E-state index in [1.807, 2.05) is 17.3 Å². The highest BCUT2D eigenvalue weighted by molar-refractivity contribution is 6.09. The maximum Gasteiger partial charge on any atom is 0.0653 e. The zero-order valence-electron chi connectivity index (χ0n) is 24.6. The number of hydrogen-bond acceptors (Lipinski definition) is 2. The largest absolute Gasteiger partial charge is 0.341 e. The highest BCUT2D eigenvalue weighted by atomic mass is 15.5. The van der Waals surface area contributed by atoms with Gasteiger partial charge in [-0.05, 0) is 94.4 Å². The summed E-state index contributed by atoms with van der Waals surface area (Å²) < 4.78 is 2.38. The van der Waals surface area contributed by atoms with Gasteiger partial charge in [-0.2, -0.15) is 5.10 Å². The Bertz CT molecular complexity index is 2150. The number of hydrogen-bond donors (Lipinski definition) is 0. The van der Waals surface area contributed by atoms with Crippen molar-refractivity contribution in [1.29, 1.82) is 0 Å². The molecular formula is C41H31N3. The second-order valence-corrected chi connectivity index (χ2v) is 11.2. The van der Waals surface area contributed by atoms with Crippen LogP contribution in [0.25, 0.3) is 44.6 Å². The average molecular weight is 566 g/mol. The summed E-state index contributed by atoms with van der Waals surface area (Å²) in [5, 5.41) is 9.57. The van der Waals surface area contributed by atoms with Crippen molar-refractivity contribution in [3.63, 3.8) is 0 Å². The number of aromatic nitrogens is 1. The molecule has 0 saturated carbocycles. The summed E-state index contributed by atoms with van der Waals surface area (Å²) in [5.74, 6) is 0. The van der Waals surface area contributed by atoms with Crippen LogP contribution in [0.3, 0.4) is 0 Å². The molecule has 1 heterocycles. The summed E-state index contributed by atoms with van der Waals surface area (Å²) in [6.45, 7) is 3.14. The zero-order chi connectivity index (χ0) is 29.5. The number of nitrogens with zero attached hydrogens (tertiary/aromatic N) is 3. The first-order valence-electron chi connectivity index (χ1n) is 15.2. The molecular weight excluding hydrogens is 534 g/mol. The molecule has 3 nitrogen and oxygen atoms in total. The summed E-state index contributed by atoms with van der Waals surface area (Å²) in [4.78, 5) is 0. The Morgan fingerprint density at radius 1 is 0.545 bits per heavy atom. The standard InChI is InChI=1S/C41H31N3/c1-2-43-40-19-11-10-18-37(40)39-27-30(22-25-41(39)43)28-42-44(31-12-4-3-5-13-31)32-23-20-29(21-24-32)26-38-35-16-8-6-14-33(35)34-15-7-9-17-36(34)38/h3-28H,2H2,1H3/b42-28-. The van der Waals surface area contributed by atoms with E-state index in [1.165, 1.54) is 49.6 Å². The molecule has 0 unspecified atom stereocenters. The number of fused-ring (bicyclic) bond motifs is 6. The van der Waals surface area contributed by atoms with Crippen LogP contribution in [-0.4, -0.2) is 10.8 Å². The van der Waals surface area contributed by atoms with Crippen LogP contribution in [0, 0.1) is 0 Å². The lowest BCUT2D eigenvalue weighted by Crippen LogP contribution is -2.09. The Balaban J connectivity index is 1.15. The molecule has 1 aliphatic carbocycles. The van der Waals surface area contributed by atoms with Crippen molar-refractivity contribution in [3.05, 3.63) is 168 Å². The highest BCUT2D eigenvalue weighted by Gasteiger charge is 2.22. The van der Waals surface area contributed by atoms with E-state index < -0.39 is 0 Å². The first-order chi connectivity index (χ1) is 21.8. The summed E-state index contributed by atoms with van der Waals surface area (Å²) in [7, 11) is 0.